The Hall–Kier alpha value is -2.08. The van der Waals surface area contributed by atoms with E-state index in [9.17, 15) is 4.79 Å². The number of nitrogens with zero attached hydrogens (tertiary/aromatic N) is 2. The largest absolute Gasteiger partial charge is 0.355 e. The van der Waals surface area contributed by atoms with Gasteiger partial charge in [0.15, 0.2) is 5.96 Å². The molecule has 0 saturated carbocycles. The predicted molar refractivity (Wildman–Crippen MR) is 102 cm³/mol. The molecule has 6 heteroatoms. The fourth-order valence-electron chi connectivity index (χ4n) is 2.86. The van der Waals surface area contributed by atoms with Gasteiger partial charge in [0.1, 0.15) is 0 Å². The molecular weight excluding hydrogens is 314 g/mol. The average Bonchev–Trinajstić information content (AvgIpc) is 3.14. The fourth-order valence-corrected chi connectivity index (χ4v) is 2.86. The summed E-state index contributed by atoms with van der Waals surface area (Å²) in [5, 5.41) is 9.10. The highest BCUT2D eigenvalue weighted by molar-refractivity contribution is 5.86. The number of likely N-dealkylation sites (tertiary alicyclic amines) is 1. The first kappa shape index (κ1) is 19.2. The minimum atomic E-state index is -0.0175. The number of aliphatic imine (C=N–C) groups is 1. The van der Waals surface area contributed by atoms with Gasteiger partial charge in [-0.2, -0.15) is 0 Å². The Morgan fingerprint density at radius 1 is 1.08 bits per heavy atom. The van der Waals surface area contributed by atoms with Crippen LogP contribution < -0.4 is 16.0 Å². The Kier molecular flexibility index (Phi) is 8.25. The highest BCUT2D eigenvalue weighted by Crippen LogP contribution is 2.13. The molecule has 1 fully saturated rings. The van der Waals surface area contributed by atoms with E-state index < -0.39 is 0 Å². The quantitative estimate of drug-likeness (QED) is 0.493. The van der Waals surface area contributed by atoms with Crippen molar-refractivity contribution in [2.45, 2.75) is 39.3 Å². The van der Waals surface area contributed by atoms with Gasteiger partial charge in [-0.3, -0.25) is 14.7 Å². The summed E-state index contributed by atoms with van der Waals surface area (Å²) in [5.41, 5.74) is 2.56. The molecule has 1 aliphatic rings. The molecule has 0 unspecified atom stereocenters. The van der Waals surface area contributed by atoms with Crippen LogP contribution in [0.5, 0.6) is 0 Å². The topological polar surface area (TPSA) is 68.8 Å². The number of rotatable bonds is 8. The molecule has 2 rings (SSSR count). The van der Waals surface area contributed by atoms with Crippen LogP contribution in [-0.4, -0.2) is 50.0 Å². The van der Waals surface area contributed by atoms with Gasteiger partial charge in [0.2, 0.25) is 5.91 Å². The van der Waals surface area contributed by atoms with Crippen LogP contribution in [0.15, 0.2) is 29.3 Å². The zero-order chi connectivity index (χ0) is 17.9. The molecule has 1 saturated heterocycles. The monoisotopic (exact) mass is 345 g/mol. The maximum absolute atomic E-state index is 11.6. The summed E-state index contributed by atoms with van der Waals surface area (Å²) in [4.78, 5) is 18.3. The fraction of sp³-hybridized carbons (Fsp3) is 0.579. The lowest BCUT2D eigenvalue weighted by Gasteiger charge is -2.15. The van der Waals surface area contributed by atoms with E-state index in [-0.39, 0.29) is 12.5 Å². The van der Waals surface area contributed by atoms with Crippen LogP contribution in [0.2, 0.25) is 0 Å². The Bertz CT molecular complexity index is 549. The van der Waals surface area contributed by atoms with E-state index in [1.54, 1.807) is 7.05 Å². The van der Waals surface area contributed by atoms with Gasteiger partial charge >= 0.3 is 0 Å². The van der Waals surface area contributed by atoms with Crippen LogP contribution in [0.4, 0.5) is 0 Å². The number of nitrogens with one attached hydrogen (secondary N) is 3. The number of guanidine groups is 1. The Morgan fingerprint density at radius 2 is 1.76 bits per heavy atom. The third kappa shape index (κ3) is 7.13. The molecule has 1 heterocycles. The number of carbonyl (C=O) groups excluding carboxylic acids is 1. The molecule has 138 valence electrons. The van der Waals surface area contributed by atoms with Gasteiger partial charge in [-0.15, -0.1) is 0 Å². The molecular formula is C19H31N5O. The van der Waals surface area contributed by atoms with Crippen molar-refractivity contribution in [3.8, 4) is 0 Å². The summed E-state index contributed by atoms with van der Waals surface area (Å²) in [7, 11) is 1.71. The molecule has 0 radical (unpaired) electrons. The van der Waals surface area contributed by atoms with Crippen LogP contribution in [0.25, 0.3) is 0 Å². The van der Waals surface area contributed by atoms with E-state index in [1.165, 1.54) is 37.1 Å². The van der Waals surface area contributed by atoms with Crippen molar-refractivity contribution in [3.63, 3.8) is 0 Å². The minimum absolute atomic E-state index is 0.0175. The van der Waals surface area contributed by atoms with Crippen molar-refractivity contribution in [1.29, 1.82) is 0 Å². The van der Waals surface area contributed by atoms with Gasteiger partial charge in [0.25, 0.3) is 0 Å². The zero-order valence-corrected chi connectivity index (χ0v) is 15.5. The summed E-state index contributed by atoms with van der Waals surface area (Å²) in [6.45, 7) is 7.13. The second-order valence-electron chi connectivity index (χ2n) is 6.43. The molecule has 0 aliphatic carbocycles. The molecule has 0 bridgehead atoms. The average molecular weight is 345 g/mol. The highest BCUT2D eigenvalue weighted by atomic mass is 16.1. The Morgan fingerprint density at radius 3 is 2.40 bits per heavy atom. The Labute approximate surface area is 151 Å². The first-order valence-electron chi connectivity index (χ1n) is 9.22. The second-order valence-corrected chi connectivity index (χ2v) is 6.43. The number of hydrogen-bond acceptors (Lipinski definition) is 3. The third-order valence-corrected chi connectivity index (χ3v) is 4.30. The smallest absolute Gasteiger partial charge is 0.239 e. The van der Waals surface area contributed by atoms with Crippen LogP contribution in [-0.2, 0) is 17.9 Å². The highest BCUT2D eigenvalue weighted by Gasteiger charge is 2.11. The number of hydrogen-bond donors (Lipinski definition) is 3. The lowest BCUT2D eigenvalue weighted by molar-refractivity contribution is -0.120. The summed E-state index contributed by atoms with van der Waals surface area (Å²) < 4.78 is 0. The van der Waals surface area contributed by atoms with Gasteiger partial charge in [-0.05, 0) is 43.5 Å². The molecule has 1 aromatic carbocycles. The molecule has 0 spiro atoms. The van der Waals surface area contributed by atoms with Crippen molar-refractivity contribution < 1.29 is 4.79 Å². The number of benzene rings is 1. The molecule has 0 atom stereocenters. The molecule has 0 aromatic heterocycles. The number of amides is 1. The van der Waals surface area contributed by atoms with E-state index in [0.29, 0.717) is 19.0 Å². The standard InChI is InChI=1S/C19H31N5O/c1-3-10-21-18(25)14-23-19(20-2)22-13-16-6-8-17(9-7-16)15-24-11-4-5-12-24/h6-9H,3-5,10-15H2,1-2H3,(H,21,25)(H2,20,22,23). The van der Waals surface area contributed by atoms with E-state index in [1.807, 2.05) is 6.92 Å². The van der Waals surface area contributed by atoms with Gasteiger partial charge in [-0.1, -0.05) is 31.2 Å². The lowest BCUT2D eigenvalue weighted by atomic mass is 10.1. The molecule has 25 heavy (non-hydrogen) atoms. The zero-order valence-electron chi connectivity index (χ0n) is 15.5. The molecule has 3 N–H and O–H groups in total. The summed E-state index contributed by atoms with van der Waals surface area (Å²) >= 11 is 0. The maximum Gasteiger partial charge on any atom is 0.239 e. The SMILES string of the molecule is CCCNC(=O)CNC(=NC)NCc1ccc(CN2CCCC2)cc1. The van der Waals surface area contributed by atoms with E-state index in [2.05, 4.69) is 50.1 Å². The van der Waals surface area contributed by atoms with Crippen LogP contribution >= 0.6 is 0 Å². The van der Waals surface area contributed by atoms with Crippen molar-refractivity contribution in [2.24, 2.45) is 4.99 Å². The molecule has 1 amide bonds. The molecule has 1 aromatic rings. The minimum Gasteiger partial charge on any atom is -0.355 e. The maximum atomic E-state index is 11.6. The van der Waals surface area contributed by atoms with Crippen LogP contribution in [0.1, 0.15) is 37.3 Å². The van der Waals surface area contributed by atoms with E-state index >= 15 is 0 Å². The van der Waals surface area contributed by atoms with Crippen molar-refractivity contribution >= 4 is 11.9 Å². The van der Waals surface area contributed by atoms with Gasteiger partial charge in [-0.25, -0.2) is 0 Å². The van der Waals surface area contributed by atoms with Gasteiger partial charge in [0, 0.05) is 26.7 Å². The molecule has 6 nitrogen and oxygen atoms in total. The van der Waals surface area contributed by atoms with Gasteiger partial charge < -0.3 is 16.0 Å². The van der Waals surface area contributed by atoms with Crippen molar-refractivity contribution in [2.75, 3.05) is 33.2 Å². The summed E-state index contributed by atoms with van der Waals surface area (Å²) in [6, 6.07) is 8.70. The first-order chi connectivity index (χ1) is 12.2. The predicted octanol–water partition coefficient (Wildman–Crippen LogP) is 1.47. The third-order valence-electron chi connectivity index (χ3n) is 4.30. The normalized spacial score (nSPS) is 15.2. The van der Waals surface area contributed by atoms with E-state index in [0.717, 1.165) is 13.0 Å². The van der Waals surface area contributed by atoms with Crippen LogP contribution in [0, 0.1) is 0 Å². The van der Waals surface area contributed by atoms with Crippen molar-refractivity contribution in [3.05, 3.63) is 35.4 Å². The van der Waals surface area contributed by atoms with E-state index in [4.69, 9.17) is 0 Å². The lowest BCUT2D eigenvalue weighted by Crippen LogP contribution is -2.43. The van der Waals surface area contributed by atoms with Crippen LogP contribution in [0.3, 0.4) is 0 Å². The van der Waals surface area contributed by atoms with Crippen molar-refractivity contribution in [1.82, 2.24) is 20.9 Å². The Balaban J connectivity index is 1.72. The summed E-state index contributed by atoms with van der Waals surface area (Å²) in [6.07, 6.45) is 3.58. The number of carbonyl (C=O) groups is 1. The first-order valence-corrected chi connectivity index (χ1v) is 9.22. The molecule has 1 aliphatic heterocycles. The van der Waals surface area contributed by atoms with Gasteiger partial charge in [0.05, 0.1) is 6.54 Å². The second kappa shape index (κ2) is 10.7. The summed E-state index contributed by atoms with van der Waals surface area (Å²) in [5.74, 6) is 0.615.